The van der Waals surface area contributed by atoms with Crippen molar-refractivity contribution in [1.82, 2.24) is 19.7 Å². The van der Waals surface area contributed by atoms with Crippen molar-refractivity contribution in [3.8, 4) is 11.5 Å². The van der Waals surface area contributed by atoms with Gasteiger partial charge in [-0.3, -0.25) is 4.90 Å². The van der Waals surface area contributed by atoms with Gasteiger partial charge >= 0.3 is 6.09 Å². The normalized spacial score (nSPS) is 17.0. The zero-order chi connectivity index (χ0) is 31.1. The molecule has 1 unspecified atom stereocenters. The number of hydrogen-bond donors (Lipinski definition) is 1. The lowest BCUT2D eigenvalue weighted by Crippen LogP contribution is -2.44. The Morgan fingerprint density at radius 1 is 1.02 bits per heavy atom. The van der Waals surface area contributed by atoms with Crippen LogP contribution in [0.1, 0.15) is 36.2 Å². The molecule has 232 valence electrons. The van der Waals surface area contributed by atoms with Crippen LogP contribution in [-0.4, -0.2) is 85.0 Å². The molecule has 0 aliphatic carbocycles. The average Bonchev–Trinajstić information content (AvgIpc) is 3.39. The van der Waals surface area contributed by atoms with E-state index in [1.165, 1.54) is 31.2 Å². The molecule has 44 heavy (non-hydrogen) atoms. The summed E-state index contributed by atoms with van der Waals surface area (Å²) in [5.74, 6) is 0.670. The monoisotopic (exact) mass is 620 g/mol. The summed E-state index contributed by atoms with van der Waals surface area (Å²) in [6.45, 7) is 7.92. The van der Waals surface area contributed by atoms with Gasteiger partial charge in [0.05, 0.1) is 6.61 Å². The second-order valence-corrected chi connectivity index (χ2v) is 11.5. The van der Waals surface area contributed by atoms with E-state index in [9.17, 15) is 9.18 Å². The summed E-state index contributed by atoms with van der Waals surface area (Å²) in [7, 11) is 2.16. The summed E-state index contributed by atoms with van der Waals surface area (Å²) < 4.78 is 25.3. The summed E-state index contributed by atoms with van der Waals surface area (Å²) in [4.78, 5) is 32.4. The number of aromatic nitrogens is 1. The number of H-pyrrole nitrogens is 1. The largest absolute Gasteiger partial charge is 0.494 e. The zero-order valence-electron chi connectivity index (χ0n) is 25.1. The van der Waals surface area contributed by atoms with E-state index in [0.29, 0.717) is 30.3 Å². The number of nitrogens with one attached hydrogen (secondary N) is 1. The maximum Gasteiger partial charge on any atom is 0.416 e. The molecule has 3 aromatic carbocycles. The average molecular weight is 621 g/mol. The third-order valence-corrected chi connectivity index (χ3v) is 8.23. The molecule has 0 saturated carbocycles. The molecule has 1 N–H and O–H groups in total. The van der Waals surface area contributed by atoms with Gasteiger partial charge in [-0.05, 0) is 92.5 Å². The Balaban J connectivity index is 0.00000123. The molecule has 1 fully saturated rings. The van der Waals surface area contributed by atoms with Crippen molar-refractivity contribution in [2.45, 2.75) is 25.8 Å². The van der Waals surface area contributed by atoms with Gasteiger partial charge in [-0.2, -0.15) is 0 Å². The van der Waals surface area contributed by atoms with Gasteiger partial charge in [0.25, 0.3) is 0 Å². The molecule has 0 bridgehead atoms. The predicted molar refractivity (Wildman–Crippen MR) is 170 cm³/mol. The number of nitrogens with zero attached hydrogens (tertiary/aromatic N) is 3. The van der Waals surface area contributed by atoms with Crippen molar-refractivity contribution in [3.05, 3.63) is 94.4 Å². The number of carbonyl (C=O) groups is 2. The standard InChI is InChI=1S/C32H34ClFN4O3.C2H4O/c1-36-15-17-37(18-16-36)13-3-19-40-26-5-2-4-22(20-26)31-30-27(28-21-23(33)6-11-29(28)35-30)12-14-38(31)32(39)41-25-9-7-24(34)8-10-25;1-2-3/h2,4-11,20-21,31,35H,3,12-19H2,1H3;2H,1H3. The van der Waals surface area contributed by atoms with Gasteiger partial charge in [0.15, 0.2) is 0 Å². The van der Waals surface area contributed by atoms with Crippen LogP contribution in [0.3, 0.4) is 0 Å². The van der Waals surface area contributed by atoms with Crippen molar-refractivity contribution < 1.29 is 23.5 Å². The second-order valence-electron chi connectivity index (χ2n) is 11.0. The van der Waals surface area contributed by atoms with Crippen LogP contribution in [0, 0.1) is 5.82 Å². The maximum atomic E-state index is 13.5. The highest BCUT2D eigenvalue weighted by Gasteiger charge is 2.36. The first-order valence-electron chi connectivity index (χ1n) is 14.9. The first kappa shape index (κ1) is 31.5. The van der Waals surface area contributed by atoms with Crippen LogP contribution in [-0.2, 0) is 11.2 Å². The van der Waals surface area contributed by atoms with Gasteiger partial charge in [-0.15, -0.1) is 0 Å². The number of ether oxygens (including phenoxy) is 2. The molecule has 2 aliphatic rings. The molecular formula is C34H38ClFN4O4. The van der Waals surface area contributed by atoms with Gasteiger partial charge in [0.2, 0.25) is 0 Å². The Bertz CT molecular complexity index is 1570. The van der Waals surface area contributed by atoms with Gasteiger partial charge in [0, 0.05) is 60.9 Å². The summed E-state index contributed by atoms with van der Waals surface area (Å²) in [6.07, 6.45) is 1.84. The minimum atomic E-state index is -0.498. The van der Waals surface area contributed by atoms with Crippen LogP contribution < -0.4 is 9.47 Å². The quantitative estimate of drug-likeness (QED) is 0.192. The Hall–Kier alpha value is -3.92. The van der Waals surface area contributed by atoms with E-state index < -0.39 is 12.1 Å². The number of carbonyl (C=O) groups excluding carboxylic acids is 2. The highest BCUT2D eigenvalue weighted by atomic mass is 35.5. The van der Waals surface area contributed by atoms with Crippen LogP contribution >= 0.6 is 11.6 Å². The molecule has 3 heterocycles. The Labute approximate surface area is 262 Å². The molecule has 2 aliphatic heterocycles. The smallest absolute Gasteiger partial charge is 0.416 e. The molecule has 1 aromatic heterocycles. The molecule has 8 nitrogen and oxygen atoms in total. The van der Waals surface area contributed by atoms with Crippen LogP contribution in [0.15, 0.2) is 66.7 Å². The number of aromatic amines is 1. The number of amides is 1. The summed E-state index contributed by atoms with van der Waals surface area (Å²) in [6, 6.07) is 18.8. The van der Waals surface area contributed by atoms with E-state index in [1.807, 2.05) is 42.5 Å². The Morgan fingerprint density at radius 3 is 2.52 bits per heavy atom. The number of benzene rings is 3. The van der Waals surface area contributed by atoms with Crippen LogP contribution in [0.5, 0.6) is 11.5 Å². The Kier molecular flexibility index (Phi) is 10.5. The number of rotatable bonds is 7. The molecule has 4 aromatic rings. The molecule has 10 heteroatoms. The zero-order valence-corrected chi connectivity index (χ0v) is 25.9. The van der Waals surface area contributed by atoms with E-state index in [-0.39, 0.29) is 5.82 Å². The third kappa shape index (κ3) is 7.59. The van der Waals surface area contributed by atoms with E-state index >= 15 is 0 Å². The van der Waals surface area contributed by atoms with Gasteiger partial charge in [-0.1, -0.05) is 23.7 Å². The van der Waals surface area contributed by atoms with Crippen molar-refractivity contribution >= 4 is 34.9 Å². The molecule has 0 spiro atoms. The van der Waals surface area contributed by atoms with Crippen molar-refractivity contribution in [2.75, 3.05) is 52.9 Å². The summed E-state index contributed by atoms with van der Waals surface area (Å²) >= 11 is 6.34. The molecule has 1 saturated heterocycles. The van der Waals surface area contributed by atoms with E-state index in [4.69, 9.17) is 25.9 Å². The highest BCUT2D eigenvalue weighted by Crippen LogP contribution is 2.40. The number of likely N-dealkylation sites (N-methyl/N-ethyl adjacent to an activating group) is 1. The van der Waals surface area contributed by atoms with E-state index in [0.717, 1.165) is 78.9 Å². The minimum absolute atomic E-state index is 0.293. The summed E-state index contributed by atoms with van der Waals surface area (Å²) in [5.41, 5.74) is 3.94. The number of hydrogen-bond acceptors (Lipinski definition) is 6. The molecule has 1 amide bonds. The van der Waals surface area contributed by atoms with Crippen molar-refractivity contribution in [1.29, 1.82) is 0 Å². The van der Waals surface area contributed by atoms with Gasteiger partial charge in [0.1, 0.15) is 29.6 Å². The van der Waals surface area contributed by atoms with Crippen molar-refractivity contribution in [2.24, 2.45) is 0 Å². The Morgan fingerprint density at radius 2 is 1.77 bits per heavy atom. The summed E-state index contributed by atoms with van der Waals surface area (Å²) in [5, 5.41) is 1.72. The maximum absolute atomic E-state index is 13.5. The second kappa shape index (κ2) is 14.7. The molecular weight excluding hydrogens is 583 g/mol. The molecule has 6 rings (SSSR count). The molecule has 0 radical (unpaired) electrons. The first-order chi connectivity index (χ1) is 21.4. The first-order valence-corrected chi connectivity index (χ1v) is 15.3. The van der Waals surface area contributed by atoms with Crippen LogP contribution in [0.2, 0.25) is 5.02 Å². The van der Waals surface area contributed by atoms with Gasteiger partial charge in [-0.25, -0.2) is 9.18 Å². The minimum Gasteiger partial charge on any atom is -0.494 e. The van der Waals surface area contributed by atoms with E-state index in [1.54, 1.807) is 4.90 Å². The fourth-order valence-corrected chi connectivity index (χ4v) is 5.96. The lowest BCUT2D eigenvalue weighted by Gasteiger charge is -2.35. The van der Waals surface area contributed by atoms with Crippen LogP contribution in [0.25, 0.3) is 10.9 Å². The highest BCUT2D eigenvalue weighted by molar-refractivity contribution is 6.31. The lowest BCUT2D eigenvalue weighted by atomic mass is 9.92. The number of fused-ring (bicyclic) bond motifs is 3. The fourth-order valence-electron chi connectivity index (χ4n) is 5.79. The predicted octanol–water partition coefficient (Wildman–Crippen LogP) is 6.33. The van der Waals surface area contributed by atoms with Crippen LogP contribution in [0.4, 0.5) is 9.18 Å². The third-order valence-electron chi connectivity index (χ3n) is 8.00. The van der Waals surface area contributed by atoms with E-state index in [2.05, 4.69) is 21.8 Å². The number of piperazine rings is 1. The van der Waals surface area contributed by atoms with Gasteiger partial charge < -0.3 is 29.1 Å². The number of halogens is 2. The fraction of sp³-hybridized carbons (Fsp3) is 0.353. The number of aldehydes is 1. The topological polar surface area (TPSA) is 78.1 Å². The van der Waals surface area contributed by atoms with Crippen molar-refractivity contribution in [3.63, 3.8) is 0 Å². The lowest BCUT2D eigenvalue weighted by molar-refractivity contribution is -0.106. The molecule has 1 atom stereocenters. The SMILES string of the molecule is CC=O.CN1CCN(CCCOc2cccc(C3c4[nH]c5ccc(Cl)cc5c4CCN3C(=O)Oc3ccc(F)cc3)c2)CC1.